The number of methoxy groups -OCH3 is 1. The van der Waals surface area contributed by atoms with E-state index >= 15 is 0 Å². The summed E-state index contributed by atoms with van der Waals surface area (Å²) < 4.78 is 33.0. The summed E-state index contributed by atoms with van der Waals surface area (Å²) in [6.45, 7) is 0. The molecule has 2 N–H and O–H groups in total. The molecule has 0 spiro atoms. The summed E-state index contributed by atoms with van der Waals surface area (Å²) in [4.78, 5) is 12.3. The molecule has 0 heterocycles. The van der Waals surface area contributed by atoms with Gasteiger partial charge in [-0.05, 0) is 48.6 Å². The van der Waals surface area contributed by atoms with Crippen molar-refractivity contribution in [2.24, 2.45) is 5.10 Å². The predicted octanol–water partition coefficient (Wildman–Crippen LogP) is 4.58. The second kappa shape index (κ2) is 10.6. The lowest BCUT2D eigenvalue weighted by Crippen LogP contribution is -2.19. The number of halogens is 1. The van der Waals surface area contributed by atoms with Crippen molar-refractivity contribution in [1.29, 1.82) is 0 Å². The van der Waals surface area contributed by atoms with Crippen LogP contribution in [0.4, 0.5) is 5.69 Å². The van der Waals surface area contributed by atoms with Gasteiger partial charge in [0.2, 0.25) is 0 Å². The van der Waals surface area contributed by atoms with Crippen LogP contribution < -0.4 is 14.9 Å². The molecule has 0 bridgehead atoms. The fourth-order valence-electron chi connectivity index (χ4n) is 2.71. The highest BCUT2D eigenvalue weighted by Crippen LogP contribution is 2.24. The molecule has 0 aliphatic carbocycles. The fraction of sp³-hybridized carbons (Fsp3) is 0.0435. The summed E-state index contributed by atoms with van der Waals surface area (Å²) in [5, 5.41) is 4.12. The van der Waals surface area contributed by atoms with Crippen molar-refractivity contribution in [1.82, 2.24) is 5.43 Å². The Bertz CT molecular complexity index is 1270. The van der Waals surface area contributed by atoms with Gasteiger partial charge < -0.3 is 4.74 Å². The van der Waals surface area contributed by atoms with E-state index in [1.807, 2.05) is 24.3 Å². The van der Waals surface area contributed by atoms with Crippen LogP contribution in [0.5, 0.6) is 5.75 Å². The van der Waals surface area contributed by atoms with Crippen molar-refractivity contribution in [3.05, 3.63) is 95.0 Å². The van der Waals surface area contributed by atoms with Gasteiger partial charge in [0.1, 0.15) is 5.75 Å². The maximum absolute atomic E-state index is 12.7. The van der Waals surface area contributed by atoms with E-state index in [-0.39, 0.29) is 21.2 Å². The van der Waals surface area contributed by atoms with Crippen LogP contribution in [-0.2, 0) is 10.0 Å². The Labute approximate surface area is 191 Å². The summed E-state index contributed by atoms with van der Waals surface area (Å²) in [6, 6.07) is 19.5. The van der Waals surface area contributed by atoms with Crippen molar-refractivity contribution in [2.75, 3.05) is 11.8 Å². The molecule has 0 radical (unpaired) electrons. The quantitative estimate of drug-likeness (QED) is 0.373. The van der Waals surface area contributed by atoms with Crippen molar-refractivity contribution in [3.63, 3.8) is 0 Å². The summed E-state index contributed by atoms with van der Waals surface area (Å²) in [6.07, 6.45) is 4.83. The van der Waals surface area contributed by atoms with Crippen LogP contribution in [0.1, 0.15) is 15.9 Å². The Morgan fingerprint density at radius 3 is 2.56 bits per heavy atom. The van der Waals surface area contributed by atoms with E-state index in [1.165, 1.54) is 30.5 Å². The van der Waals surface area contributed by atoms with Gasteiger partial charge in [-0.1, -0.05) is 48.0 Å². The van der Waals surface area contributed by atoms with Gasteiger partial charge in [0.15, 0.2) is 0 Å². The van der Waals surface area contributed by atoms with Gasteiger partial charge in [0.25, 0.3) is 15.9 Å². The second-order valence-electron chi connectivity index (χ2n) is 6.43. The molecule has 9 heteroatoms. The van der Waals surface area contributed by atoms with E-state index in [1.54, 1.807) is 43.5 Å². The van der Waals surface area contributed by atoms with Crippen molar-refractivity contribution >= 4 is 45.5 Å². The molecule has 0 saturated carbocycles. The maximum atomic E-state index is 12.7. The molecule has 3 rings (SSSR count). The van der Waals surface area contributed by atoms with Gasteiger partial charge >= 0.3 is 0 Å². The minimum Gasteiger partial charge on any atom is -0.496 e. The zero-order valence-electron chi connectivity index (χ0n) is 17.0. The maximum Gasteiger partial charge on any atom is 0.271 e. The molecule has 0 saturated heterocycles. The van der Waals surface area contributed by atoms with E-state index in [0.717, 1.165) is 5.56 Å². The SMILES string of the molecule is COc1ccccc1/C=C/C=N/NC(=O)c1cccc(S(=O)(=O)Nc2ccccc2Cl)c1. The van der Waals surface area contributed by atoms with Gasteiger partial charge in [0.05, 0.1) is 22.7 Å². The number of hydrogen-bond acceptors (Lipinski definition) is 5. The van der Waals surface area contributed by atoms with Crippen LogP contribution >= 0.6 is 11.6 Å². The van der Waals surface area contributed by atoms with Crippen LogP contribution in [-0.4, -0.2) is 27.6 Å². The molecule has 0 aliphatic rings. The van der Waals surface area contributed by atoms with Crippen LogP contribution in [0, 0.1) is 0 Å². The van der Waals surface area contributed by atoms with Crippen LogP contribution in [0.2, 0.25) is 5.02 Å². The lowest BCUT2D eigenvalue weighted by Gasteiger charge is -2.10. The number of carbonyl (C=O) groups excluding carboxylic acids is 1. The number of carbonyl (C=O) groups is 1. The van der Waals surface area contributed by atoms with Crippen LogP contribution in [0.3, 0.4) is 0 Å². The van der Waals surface area contributed by atoms with E-state index in [0.29, 0.717) is 5.75 Å². The van der Waals surface area contributed by atoms with Gasteiger partial charge in [0, 0.05) is 17.3 Å². The number of amides is 1. The first kappa shape index (κ1) is 23.1. The number of hydrazone groups is 1. The average molecular weight is 470 g/mol. The zero-order valence-corrected chi connectivity index (χ0v) is 18.6. The van der Waals surface area contributed by atoms with Crippen molar-refractivity contribution in [2.45, 2.75) is 4.90 Å². The highest BCUT2D eigenvalue weighted by Gasteiger charge is 2.17. The fourth-order valence-corrected chi connectivity index (χ4v) is 4.07. The van der Waals surface area contributed by atoms with Crippen molar-refractivity contribution < 1.29 is 17.9 Å². The normalized spacial score (nSPS) is 11.6. The number of hydrogen-bond donors (Lipinski definition) is 2. The molecule has 3 aromatic carbocycles. The van der Waals surface area contributed by atoms with E-state index in [4.69, 9.17) is 16.3 Å². The first-order valence-electron chi connectivity index (χ1n) is 9.41. The molecule has 32 heavy (non-hydrogen) atoms. The first-order chi connectivity index (χ1) is 15.4. The number of ether oxygens (including phenoxy) is 1. The van der Waals surface area contributed by atoms with Gasteiger partial charge in [-0.3, -0.25) is 9.52 Å². The Hall–Kier alpha value is -3.62. The molecule has 7 nitrogen and oxygen atoms in total. The lowest BCUT2D eigenvalue weighted by atomic mass is 10.2. The van der Waals surface area contributed by atoms with Gasteiger partial charge in [-0.25, -0.2) is 13.8 Å². The summed E-state index contributed by atoms with van der Waals surface area (Å²) in [5.74, 6) is 0.159. The highest BCUT2D eigenvalue weighted by atomic mass is 35.5. The van der Waals surface area contributed by atoms with Gasteiger partial charge in [-0.15, -0.1) is 0 Å². The number of rotatable bonds is 8. The van der Waals surface area contributed by atoms with Crippen LogP contribution in [0.15, 0.2) is 88.9 Å². The molecular weight excluding hydrogens is 450 g/mol. The Morgan fingerprint density at radius 1 is 1.03 bits per heavy atom. The topological polar surface area (TPSA) is 96.9 Å². The minimum absolute atomic E-state index is 0.0786. The van der Waals surface area contributed by atoms with E-state index in [2.05, 4.69) is 15.2 Å². The molecule has 3 aromatic rings. The number of nitrogens with one attached hydrogen (secondary N) is 2. The largest absolute Gasteiger partial charge is 0.496 e. The Balaban J connectivity index is 1.67. The molecule has 1 amide bonds. The third kappa shape index (κ3) is 5.96. The Kier molecular flexibility index (Phi) is 7.64. The summed E-state index contributed by atoms with van der Waals surface area (Å²) in [7, 11) is -2.35. The van der Waals surface area contributed by atoms with Crippen LogP contribution in [0.25, 0.3) is 6.08 Å². The first-order valence-corrected chi connectivity index (χ1v) is 11.3. The molecule has 164 valence electrons. The minimum atomic E-state index is -3.93. The molecule has 0 unspecified atom stereocenters. The molecule has 0 atom stereocenters. The average Bonchev–Trinajstić information content (AvgIpc) is 2.80. The molecule has 0 aliphatic heterocycles. The summed E-state index contributed by atoms with van der Waals surface area (Å²) >= 11 is 6.02. The number of sulfonamides is 1. The molecule has 0 fully saturated rings. The molecular formula is C23H20ClN3O4S. The lowest BCUT2D eigenvalue weighted by molar-refractivity contribution is 0.0955. The van der Waals surface area contributed by atoms with E-state index < -0.39 is 15.9 Å². The Morgan fingerprint density at radius 2 is 1.78 bits per heavy atom. The molecule has 0 aromatic heterocycles. The van der Waals surface area contributed by atoms with E-state index in [9.17, 15) is 13.2 Å². The monoisotopic (exact) mass is 469 g/mol. The third-order valence-electron chi connectivity index (χ3n) is 4.27. The number of benzene rings is 3. The predicted molar refractivity (Wildman–Crippen MR) is 127 cm³/mol. The standard InChI is InChI=1S/C23H20ClN3O4S/c1-31-22-14-5-2-8-17(22)10-7-15-25-26-23(28)18-9-6-11-19(16-18)32(29,30)27-21-13-4-3-12-20(21)24/h2-16,27H,1H3,(H,26,28)/b10-7+,25-15+. The smallest absolute Gasteiger partial charge is 0.271 e. The number of anilines is 1. The van der Waals surface area contributed by atoms with Crippen molar-refractivity contribution in [3.8, 4) is 5.75 Å². The number of allylic oxidation sites excluding steroid dienone is 1. The third-order valence-corrected chi connectivity index (χ3v) is 5.96. The van der Waals surface area contributed by atoms with Gasteiger partial charge in [-0.2, -0.15) is 5.10 Å². The number of nitrogens with zero attached hydrogens (tertiary/aromatic N) is 1. The second-order valence-corrected chi connectivity index (χ2v) is 8.52. The summed E-state index contributed by atoms with van der Waals surface area (Å²) in [5.41, 5.74) is 3.60. The highest BCUT2D eigenvalue weighted by molar-refractivity contribution is 7.92. The zero-order chi connectivity index (χ0) is 23.0. The number of para-hydroxylation sites is 2.